The molecule has 0 aliphatic heterocycles. The van der Waals surface area contributed by atoms with Crippen LogP contribution in [0.1, 0.15) is 29.4 Å². The summed E-state index contributed by atoms with van der Waals surface area (Å²) in [6.07, 6.45) is 0.206. The topological polar surface area (TPSA) is 62.4 Å². The molecule has 0 saturated heterocycles. The number of aromatic nitrogens is 1. The lowest BCUT2D eigenvalue weighted by molar-refractivity contribution is -0.143. The molecule has 0 aliphatic carbocycles. The highest BCUT2D eigenvalue weighted by Crippen LogP contribution is 2.23. The number of H-pyrrole nitrogens is 1. The van der Waals surface area contributed by atoms with Crippen LogP contribution in [0.4, 0.5) is 0 Å². The highest BCUT2D eigenvalue weighted by molar-refractivity contribution is 6.08. The largest absolute Gasteiger partial charge is 0.466 e. The molecule has 2 rings (SSSR count). The second-order valence-electron chi connectivity index (χ2n) is 4.95. The molecule has 1 N–H and O–H groups in total. The van der Waals surface area contributed by atoms with E-state index >= 15 is 0 Å². The minimum atomic E-state index is -0.284. The van der Waals surface area contributed by atoms with E-state index in [4.69, 9.17) is 4.74 Å². The van der Waals surface area contributed by atoms with Gasteiger partial charge in [-0.3, -0.25) is 9.59 Å². The average Bonchev–Trinajstić information content (AvgIpc) is 2.80. The van der Waals surface area contributed by atoms with Crippen LogP contribution in [0.2, 0.25) is 0 Å². The number of nitrogens with zero attached hydrogens (tertiary/aromatic N) is 1. The molecule has 0 fully saturated rings. The van der Waals surface area contributed by atoms with Gasteiger partial charge in [0.25, 0.3) is 5.91 Å². The fourth-order valence-corrected chi connectivity index (χ4v) is 2.34. The molecular formula is C16H20N2O3. The van der Waals surface area contributed by atoms with E-state index in [1.165, 1.54) is 0 Å². The second kappa shape index (κ2) is 6.43. The lowest BCUT2D eigenvalue weighted by Crippen LogP contribution is -2.29. The molecule has 1 aromatic carbocycles. The van der Waals surface area contributed by atoms with Gasteiger partial charge in [-0.15, -0.1) is 0 Å². The number of carbonyl (C=O) groups excluding carboxylic acids is 2. The molecule has 1 amide bonds. The fraction of sp³-hybridized carbons (Fsp3) is 0.375. The van der Waals surface area contributed by atoms with E-state index < -0.39 is 0 Å². The van der Waals surface area contributed by atoms with Crippen molar-refractivity contribution in [1.29, 1.82) is 0 Å². The van der Waals surface area contributed by atoms with Crippen molar-refractivity contribution in [1.82, 2.24) is 9.88 Å². The molecule has 5 heteroatoms. The van der Waals surface area contributed by atoms with Gasteiger partial charge >= 0.3 is 5.97 Å². The van der Waals surface area contributed by atoms with Gasteiger partial charge in [0.2, 0.25) is 0 Å². The molecule has 5 nitrogen and oxygen atoms in total. The number of benzene rings is 1. The maximum atomic E-state index is 12.6. The molecule has 21 heavy (non-hydrogen) atoms. The monoisotopic (exact) mass is 288 g/mol. The van der Waals surface area contributed by atoms with Gasteiger partial charge < -0.3 is 14.6 Å². The van der Waals surface area contributed by atoms with Crippen LogP contribution in [0.15, 0.2) is 24.3 Å². The summed E-state index contributed by atoms with van der Waals surface area (Å²) >= 11 is 0. The highest BCUT2D eigenvalue weighted by atomic mass is 16.5. The summed E-state index contributed by atoms with van der Waals surface area (Å²) in [5.74, 6) is -0.373. The van der Waals surface area contributed by atoms with E-state index in [-0.39, 0.29) is 18.3 Å². The number of hydrogen-bond acceptors (Lipinski definition) is 3. The van der Waals surface area contributed by atoms with E-state index in [1.807, 2.05) is 31.2 Å². The summed E-state index contributed by atoms with van der Waals surface area (Å²) in [5, 5.41) is 0.906. The molecule has 0 bridgehead atoms. The first-order valence-electron chi connectivity index (χ1n) is 7.03. The van der Waals surface area contributed by atoms with Crippen molar-refractivity contribution in [3.63, 3.8) is 0 Å². The SMILES string of the molecule is CCOC(=O)CCN(C)C(=O)c1c(C)[nH]c2ccccc12. The Balaban J connectivity index is 2.14. The fourth-order valence-electron chi connectivity index (χ4n) is 2.34. The summed E-state index contributed by atoms with van der Waals surface area (Å²) in [7, 11) is 1.70. The predicted octanol–water partition coefficient (Wildman–Crippen LogP) is 2.50. The molecule has 0 aliphatic rings. The van der Waals surface area contributed by atoms with Crippen LogP contribution in [0.5, 0.6) is 0 Å². The number of fused-ring (bicyclic) bond motifs is 1. The van der Waals surface area contributed by atoms with Crippen LogP contribution in [-0.2, 0) is 9.53 Å². The third-order valence-electron chi connectivity index (χ3n) is 3.41. The zero-order chi connectivity index (χ0) is 15.4. The van der Waals surface area contributed by atoms with Crippen LogP contribution in [0.25, 0.3) is 10.9 Å². The Morgan fingerprint density at radius 2 is 2.00 bits per heavy atom. The van der Waals surface area contributed by atoms with E-state index in [2.05, 4.69) is 4.98 Å². The number of rotatable bonds is 5. The Hall–Kier alpha value is -2.30. The predicted molar refractivity (Wildman–Crippen MR) is 81.2 cm³/mol. The third-order valence-corrected chi connectivity index (χ3v) is 3.41. The lowest BCUT2D eigenvalue weighted by atomic mass is 10.1. The average molecular weight is 288 g/mol. The third kappa shape index (κ3) is 3.24. The minimum absolute atomic E-state index is 0.0887. The lowest BCUT2D eigenvalue weighted by Gasteiger charge is -2.16. The first kappa shape index (κ1) is 15.1. The number of ether oxygens (including phenoxy) is 1. The highest BCUT2D eigenvalue weighted by Gasteiger charge is 2.19. The Morgan fingerprint density at radius 1 is 1.29 bits per heavy atom. The Bertz CT molecular complexity index is 661. The Morgan fingerprint density at radius 3 is 2.71 bits per heavy atom. The molecule has 0 spiro atoms. The zero-order valence-corrected chi connectivity index (χ0v) is 12.6. The molecule has 1 aromatic heterocycles. The first-order chi connectivity index (χ1) is 10.0. The number of hydrogen-bond donors (Lipinski definition) is 1. The van der Waals surface area contributed by atoms with E-state index in [1.54, 1.807) is 18.9 Å². The van der Waals surface area contributed by atoms with Crippen LogP contribution in [0, 0.1) is 6.92 Å². The Kier molecular flexibility index (Phi) is 4.62. The number of carbonyl (C=O) groups is 2. The molecule has 1 heterocycles. The number of esters is 1. The van der Waals surface area contributed by atoms with Crippen molar-refractivity contribution >= 4 is 22.8 Å². The van der Waals surface area contributed by atoms with Gasteiger partial charge in [-0.05, 0) is 19.9 Å². The van der Waals surface area contributed by atoms with Crippen LogP contribution >= 0.6 is 0 Å². The number of nitrogens with one attached hydrogen (secondary N) is 1. The quantitative estimate of drug-likeness (QED) is 0.860. The van der Waals surface area contributed by atoms with Gasteiger partial charge in [-0.25, -0.2) is 0 Å². The van der Waals surface area contributed by atoms with Gasteiger partial charge in [-0.2, -0.15) is 0 Å². The normalized spacial score (nSPS) is 10.6. The van der Waals surface area contributed by atoms with Gasteiger partial charge in [0, 0.05) is 30.2 Å². The van der Waals surface area contributed by atoms with E-state index in [9.17, 15) is 9.59 Å². The number of aromatic amines is 1. The van der Waals surface area contributed by atoms with Crippen LogP contribution < -0.4 is 0 Å². The van der Waals surface area contributed by atoms with Gasteiger partial charge in [0.05, 0.1) is 18.6 Å². The zero-order valence-electron chi connectivity index (χ0n) is 12.6. The number of amides is 1. The standard InChI is InChI=1S/C16H20N2O3/c1-4-21-14(19)9-10-18(3)16(20)15-11(2)17-13-8-6-5-7-12(13)15/h5-8,17H,4,9-10H2,1-3H3. The van der Waals surface area contributed by atoms with E-state index in [0.29, 0.717) is 18.7 Å². The van der Waals surface area contributed by atoms with Crippen molar-refractivity contribution < 1.29 is 14.3 Å². The summed E-state index contributed by atoms with van der Waals surface area (Å²) in [4.78, 5) is 28.7. The maximum Gasteiger partial charge on any atom is 0.307 e. The molecule has 0 saturated carbocycles. The van der Waals surface area contributed by atoms with Crippen molar-refractivity contribution in [3.05, 3.63) is 35.5 Å². The van der Waals surface area contributed by atoms with Crippen LogP contribution in [-0.4, -0.2) is 42.0 Å². The number of aryl methyl sites for hydroxylation is 1. The summed E-state index contributed by atoms with van der Waals surface area (Å²) in [6, 6.07) is 7.70. The van der Waals surface area contributed by atoms with Gasteiger partial charge in [0.15, 0.2) is 0 Å². The van der Waals surface area contributed by atoms with Gasteiger partial charge in [0.1, 0.15) is 0 Å². The molecular weight excluding hydrogens is 268 g/mol. The minimum Gasteiger partial charge on any atom is -0.466 e. The van der Waals surface area contributed by atoms with Gasteiger partial charge in [-0.1, -0.05) is 18.2 Å². The first-order valence-corrected chi connectivity index (χ1v) is 7.03. The van der Waals surface area contributed by atoms with Crippen LogP contribution in [0.3, 0.4) is 0 Å². The van der Waals surface area contributed by atoms with Crippen molar-refractivity contribution in [2.45, 2.75) is 20.3 Å². The molecule has 112 valence electrons. The summed E-state index contributed by atoms with van der Waals surface area (Å²) in [6.45, 7) is 4.35. The van der Waals surface area contributed by atoms with Crippen molar-refractivity contribution in [2.24, 2.45) is 0 Å². The second-order valence-corrected chi connectivity index (χ2v) is 4.95. The van der Waals surface area contributed by atoms with Crippen molar-refractivity contribution in [3.8, 4) is 0 Å². The summed E-state index contributed by atoms with van der Waals surface area (Å²) in [5.41, 5.74) is 2.44. The smallest absolute Gasteiger partial charge is 0.307 e. The maximum absolute atomic E-state index is 12.6. The molecule has 0 radical (unpaired) electrons. The molecule has 0 unspecified atom stereocenters. The summed E-state index contributed by atoms with van der Waals surface area (Å²) < 4.78 is 4.87. The number of para-hydroxylation sites is 1. The Labute approximate surface area is 123 Å². The van der Waals surface area contributed by atoms with Crippen molar-refractivity contribution in [2.75, 3.05) is 20.2 Å². The van der Waals surface area contributed by atoms with E-state index in [0.717, 1.165) is 16.6 Å². The molecule has 2 aromatic rings. The molecule has 0 atom stereocenters.